The van der Waals surface area contributed by atoms with Gasteiger partial charge in [-0.05, 0) is 42.5 Å². The minimum Gasteiger partial charge on any atom is -0.503 e. The number of ketones is 1. The maximum absolute atomic E-state index is 14.0. The number of halogens is 1. The minimum absolute atomic E-state index is 0.0467. The molecule has 1 aliphatic rings. The molecule has 5 aromatic rings. The number of hydrogen-bond acceptors (Lipinski definition) is 6. The van der Waals surface area contributed by atoms with Crippen molar-refractivity contribution < 1.29 is 23.8 Å². The number of para-hydroxylation sites is 1. The number of aliphatic hydroxyl groups is 1. The Morgan fingerprint density at radius 2 is 1.85 bits per heavy atom. The quantitative estimate of drug-likeness (QED) is 0.240. The molecule has 9 heteroatoms. The molecule has 3 heterocycles. The molecule has 196 valence electrons. The maximum Gasteiger partial charge on any atom is 0.294 e. The zero-order valence-corrected chi connectivity index (χ0v) is 22.1. The van der Waals surface area contributed by atoms with Gasteiger partial charge in [-0.3, -0.25) is 14.5 Å². The molecule has 1 unspecified atom stereocenters. The Bertz CT molecular complexity index is 1800. The first kappa shape index (κ1) is 24.6. The lowest BCUT2D eigenvalue weighted by Gasteiger charge is -2.27. The third kappa shape index (κ3) is 3.92. The summed E-state index contributed by atoms with van der Waals surface area (Å²) in [4.78, 5) is 34.2. The Labute approximate surface area is 228 Å². The van der Waals surface area contributed by atoms with Crippen LogP contribution in [0.5, 0.6) is 5.75 Å². The molecule has 1 amide bonds. The molecule has 1 atom stereocenters. The number of benzene rings is 3. The first-order chi connectivity index (χ1) is 18.8. The van der Waals surface area contributed by atoms with E-state index in [9.17, 15) is 14.7 Å². The van der Waals surface area contributed by atoms with Crippen LogP contribution in [0.1, 0.15) is 22.2 Å². The molecule has 2 N–H and O–H groups in total. The summed E-state index contributed by atoms with van der Waals surface area (Å²) in [5, 5.41) is 13.0. The Morgan fingerprint density at radius 3 is 2.56 bits per heavy atom. The van der Waals surface area contributed by atoms with E-state index >= 15 is 0 Å². The van der Waals surface area contributed by atoms with Crippen molar-refractivity contribution in [3.8, 4) is 5.75 Å². The summed E-state index contributed by atoms with van der Waals surface area (Å²) in [5.74, 6) is -1.60. The molecular formula is C30H24ClN3O5. The van der Waals surface area contributed by atoms with E-state index in [1.54, 1.807) is 30.5 Å². The number of ether oxygens (including phenoxy) is 1. The van der Waals surface area contributed by atoms with Crippen LogP contribution in [-0.4, -0.2) is 43.0 Å². The Balaban J connectivity index is 1.52. The van der Waals surface area contributed by atoms with Crippen LogP contribution < -0.4 is 14.5 Å². The molecular weight excluding hydrogens is 518 g/mol. The second-order valence-electron chi connectivity index (χ2n) is 9.51. The van der Waals surface area contributed by atoms with Crippen LogP contribution in [-0.2, 0) is 4.79 Å². The van der Waals surface area contributed by atoms with Gasteiger partial charge in [0.25, 0.3) is 5.91 Å². The molecule has 3 aromatic carbocycles. The zero-order chi connectivity index (χ0) is 27.4. The van der Waals surface area contributed by atoms with Gasteiger partial charge in [0.2, 0.25) is 5.78 Å². The van der Waals surface area contributed by atoms with Crippen LogP contribution in [0.3, 0.4) is 0 Å². The SMILES string of the molecule is COc1cc(Cl)cc2cc(C(=O)C3=C(O)C(=O)N(c4ccc(N(C)C)cc4)C3c3c[nH]c4ccccc34)oc12. The number of aliphatic hydroxyl groups excluding tert-OH is 1. The summed E-state index contributed by atoms with van der Waals surface area (Å²) in [5.41, 5.74) is 3.25. The summed E-state index contributed by atoms with van der Waals surface area (Å²) >= 11 is 6.21. The third-order valence-electron chi connectivity index (χ3n) is 7.00. The molecule has 0 aliphatic carbocycles. The van der Waals surface area contributed by atoms with Gasteiger partial charge >= 0.3 is 0 Å². The number of aromatic amines is 1. The highest BCUT2D eigenvalue weighted by Gasteiger charge is 2.46. The predicted octanol–water partition coefficient (Wildman–Crippen LogP) is 6.43. The van der Waals surface area contributed by atoms with Gasteiger partial charge in [0.15, 0.2) is 22.9 Å². The highest BCUT2D eigenvalue weighted by Crippen LogP contribution is 2.45. The Kier molecular flexibility index (Phi) is 5.84. The van der Waals surface area contributed by atoms with Gasteiger partial charge in [-0.15, -0.1) is 0 Å². The predicted molar refractivity (Wildman–Crippen MR) is 151 cm³/mol. The number of anilines is 2. The van der Waals surface area contributed by atoms with Crippen molar-refractivity contribution >= 4 is 56.5 Å². The monoisotopic (exact) mass is 541 g/mol. The van der Waals surface area contributed by atoms with E-state index in [0.29, 0.717) is 33.0 Å². The number of carbonyl (C=O) groups excluding carboxylic acids is 2. The van der Waals surface area contributed by atoms with Crippen molar-refractivity contribution in [3.05, 3.63) is 101 Å². The van der Waals surface area contributed by atoms with Crippen molar-refractivity contribution in [1.82, 2.24) is 4.98 Å². The number of fused-ring (bicyclic) bond motifs is 2. The van der Waals surface area contributed by atoms with Crippen LogP contribution in [0, 0.1) is 0 Å². The molecule has 1 aliphatic heterocycles. The summed E-state index contributed by atoms with van der Waals surface area (Å²) in [6.45, 7) is 0. The second kappa shape index (κ2) is 9.25. The summed E-state index contributed by atoms with van der Waals surface area (Å²) in [6.07, 6.45) is 1.76. The van der Waals surface area contributed by atoms with Gasteiger partial charge in [-0.2, -0.15) is 0 Å². The molecule has 0 saturated carbocycles. The van der Waals surface area contributed by atoms with Gasteiger partial charge in [0, 0.05) is 64.6 Å². The van der Waals surface area contributed by atoms with Gasteiger partial charge < -0.3 is 24.1 Å². The lowest BCUT2D eigenvalue weighted by molar-refractivity contribution is -0.117. The van der Waals surface area contributed by atoms with Gasteiger partial charge in [0.1, 0.15) is 0 Å². The number of methoxy groups -OCH3 is 1. The maximum atomic E-state index is 14.0. The van der Waals surface area contributed by atoms with Crippen LogP contribution in [0.4, 0.5) is 11.4 Å². The first-order valence-electron chi connectivity index (χ1n) is 12.2. The first-order valence-corrected chi connectivity index (χ1v) is 12.6. The van der Waals surface area contributed by atoms with Gasteiger partial charge in [-0.25, -0.2) is 0 Å². The number of amides is 1. The highest BCUT2D eigenvalue weighted by atomic mass is 35.5. The van der Waals surface area contributed by atoms with E-state index in [0.717, 1.165) is 16.6 Å². The number of nitrogens with zero attached hydrogens (tertiary/aromatic N) is 2. The highest BCUT2D eigenvalue weighted by molar-refractivity contribution is 6.31. The van der Waals surface area contributed by atoms with Crippen molar-refractivity contribution in [2.45, 2.75) is 6.04 Å². The normalized spacial score (nSPS) is 15.5. The number of carbonyl (C=O) groups is 2. The molecule has 0 spiro atoms. The Morgan fingerprint density at radius 1 is 1.10 bits per heavy atom. The molecule has 39 heavy (non-hydrogen) atoms. The second-order valence-corrected chi connectivity index (χ2v) is 9.94. The van der Waals surface area contributed by atoms with Crippen LogP contribution in [0.25, 0.3) is 21.9 Å². The average molecular weight is 542 g/mol. The standard InChI is InChI=1S/C30H24ClN3O5/c1-33(2)18-8-10-19(11-9-18)34-26(21-15-32-22-7-5-4-6-20(21)22)25(28(36)30(34)37)27(35)23-13-16-12-17(31)14-24(38-3)29(16)39-23/h4-15,26,32,36H,1-3H3. The van der Waals surface area contributed by atoms with E-state index in [4.69, 9.17) is 20.8 Å². The zero-order valence-electron chi connectivity index (χ0n) is 21.4. The number of aromatic nitrogens is 1. The molecule has 0 bridgehead atoms. The van der Waals surface area contributed by atoms with E-state index in [2.05, 4.69) is 4.98 Å². The van der Waals surface area contributed by atoms with E-state index in [-0.39, 0.29) is 11.3 Å². The summed E-state index contributed by atoms with van der Waals surface area (Å²) in [7, 11) is 5.32. The Hall–Kier alpha value is -4.69. The largest absolute Gasteiger partial charge is 0.503 e. The third-order valence-corrected chi connectivity index (χ3v) is 7.22. The number of H-pyrrole nitrogens is 1. The fourth-order valence-electron chi connectivity index (χ4n) is 5.11. The number of hydrogen-bond donors (Lipinski definition) is 2. The van der Waals surface area contributed by atoms with Gasteiger partial charge in [0.05, 0.1) is 18.7 Å². The molecule has 0 saturated heterocycles. The summed E-state index contributed by atoms with van der Waals surface area (Å²) < 4.78 is 11.3. The molecule has 0 fully saturated rings. The average Bonchev–Trinajstić information content (AvgIpc) is 3.62. The topological polar surface area (TPSA) is 99.0 Å². The van der Waals surface area contributed by atoms with E-state index in [1.165, 1.54) is 18.1 Å². The number of rotatable bonds is 6. The smallest absolute Gasteiger partial charge is 0.294 e. The molecule has 8 nitrogen and oxygen atoms in total. The van der Waals surface area contributed by atoms with Crippen molar-refractivity contribution in [2.24, 2.45) is 0 Å². The fraction of sp³-hybridized carbons (Fsp3) is 0.133. The molecule has 6 rings (SSSR count). The number of furan rings is 1. The number of Topliss-reactive ketones (excluding diaryl/α,β-unsaturated/α-hetero) is 1. The number of nitrogens with one attached hydrogen (secondary N) is 1. The summed E-state index contributed by atoms with van der Waals surface area (Å²) in [6, 6.07) is 18.8. The van der Waals surface area contributed by atoms with Crippen molar-refractivity contribution in [3.63, 3.8) is 0 Å². The van der Waals surface area contributed by atoms with Crippen molar-refractivity contribution in [2.75, 3.05) is 31.0 Å². The van der Waals surface area contributed by atoms with Crippen molar-refractivity contribution in [1.29, 1.82) is 0 Å². The fourth-order valence-corrected chi connectivity index (χ4v) is 5.33. The van der Waals surface area contributed by atoms with Crippen LogP contribution >= 0.6 is 11.6 Å². The van der Waals surface area contributed by atoms with E-state index in [1.807, 2.05) is 55.4 Å². The lowest BCUT2D eigenvalue weighted by Crippen LogP contribution is -2.31. The van der Waals surface area contributed by atoms with Gasteiger partial charge in [-0.1, -0.05) is 29.8 Å². The van der Waals surface area contributed by atoms with E-state index < -0.39 is 23.5 Å². The van der Waals surface area contributed by atoms with Crippen LogP contribution in [0.15, 0.2) is 88.7 Å². The minimum atomic E-state index is -0.912. The molecule has 0 radical (unpaired) electrons. The molecule has 2 aromatic heterocycles. The lowest BCUT2D eigenvalue weighted by atomic mass is 9.94. The van der Waals surface area contributed by atoms with Crippen LogP contribution in [0.2, 0.25) is 5.02 Å².